The molecule has 0 radical (unpaired) electrons. The van der Waals surface area contributed by atoms with Gasteiger partial charge in [-0.05, 0) is 25.0 Å². The molecule has 1 fully saturated rings. The second kappa shape index (κ2) is 7.04. The van der Waals surface area contributed by atoms with E-state index in [4.69, 9.17) is 0 Å². The third-order valence-electron chi connectivity index (χ3n) is 4.08. The van der Waals surface area contributed by atoms with Crippen molar-refractivity contribution >= 4 is 21.6 Å². The van der Waals surface area contributed by atoms with Crippen molar-refractivity contribution in [3.05, 3.63) is 42.1 Å². The van der Waals surface area contributed by atoms with Crippen LogP contribution in [0.5, 0.6) is 0 Å². The summed E-state index contributed by atoms with van der Waals surface area (Å²) < 4.78 is 27.5. The fourth-order valence-electron chi connectivity index (χ4n) is 2.86. The summed E-state index contributed by atoms with van der Waals surface area (Å²) in [5.41, 5.74) is 0.453. The predicted molar refractivity (Wildman–Crippen MR) is 90.2 cm³/mol. The summed E-state index contributed by atoms with van der Waals surface area (Å²) in [5, 5.41) is 8.85. The van der Waals surface area contributed by atoms with Gasteiger partial charge < -0.3 is 5.32 Å². The van der Waals surface area contributed by atoms with Gasteiger partial charge in [0.2, 0.25) is 0 Å². The number of para-hydroxylation sites is 1. The number of hydrogen-bond donors (Lipinski definition) is 3. The zero-order valence-corrected chi connectivity index (χ0v) is 14.0. The van der Waals surface area contributed by atoms with E-state index < -0.39 is 15.9 Å². The smallest absolute Gasteiger partial charge is 0.279 e. The van der Waals surface area contributed by atoms with Gasteiger partial charge in [-0.25, -0.2) is 0 Å². The third-order valence-corrected chi connectivity index (χ3v) is 5.44. The Balaban J connectivity index is 1.77. The van der Waals surface area contributed by atoms with Crippen LogP contribution in [0.2, 0.25) is 0 Å². The second-order valence-electron chi connectivity index (χ2n) is 5.89. The Labute approximate surface area is 140 Å². The molecule has 0 spiro atoms. The lowest BCUT2D eigenvalue weighted by Crippen LogP contribution is -2.36. The number of sulfonamides is 1. The van der Waals surface area contributed by atoms with Gasteiger partial charge in [-0.15, -0.1) is 0 Å². The van der Waals surface area contributed by atoms with Crippen molar-refractivity contribution < 1.29 is 13.2 Å². The number of anilines is 1. The van der Waals surface area contributed by atoms with Gasteiger partial charge in [0.25, 0.3) is 15.9 Å². The normalized spacial score (nSPS) is 15.8. The third kappa shape index (κ3) is 3.76. The maximum absolute atomic E-state index is 12.5. The van der Waals surface area contributed by atoms with Gasteiger partial charge >= 0.3 is 0 Å². The highest BCUT2D eigenvalue weighted by molar-refractivity contribution is 7.92. The van der Waals surface area contributed by atoms with Crippen LogP contribution in [-0.4, -0.2) is 30.6 Å². The van der Waals surface area contributed by atoms with Crippen LogP contribution in [0.3, 0.4) is 0 Å². The molecule has 1 heterocycles. The second-order valence-corrected chi connectivity index (χ2v) is 7.51. The molecule has 24 heavy (non-hydrogen) atoms. The van der Waals surface area contributed by atoms with Crippen LogP contribution in [0.1, 0.15) is 42.5 Å². The molecular formula is C16H20N4O3S. The molecule has 3 rings (SSSR count). The number of carbonyl (C=O) groups excluding carboxylic acids is 1. The van der Waals surface area contributed by atoms with Crippen LogP contribution < -0.4 is 10.0 Å². The Hall–Kier alpha value is -2.35. The summed E-state index contributed by atoms with van der Waals surface area (Å²) >= 11 is 0. The Morgan fingerprint density at radius 3 is 2.54 bits per heavy atom. The first-order chi connectivity index (χ1) is 11.6. The highest BCUT2D eigenvalue weighted by Crippen LogP contribution is 2.20. The van der Waals surface area contributed by atoms with Crippen LogP contribution in [0.25, 0.3) is 0 Å². The Kier molecular flexibility index (Phi) is 4.84. The standard InChI is InChI=1S/C16H20N4O3S/c21-15(18-12-7-3-1-4-8-12)14-11-17-19-16(14)24(22,23)20-13-9-5-2-6-10-13/h2,5-6,9-12,20H,1,3-4,7-8H2,(H,17,19)(H,18,21). The lowest BCUT2D eigenvalue weighted by Gasteiger charge is -2.22. The number of hydrogen-bond acceptors (Lipinski definition) is 4. The summed E-state index contributed by atoms with van der Waals surface area (Å²) in [6.45, 7) is 0. The van der Waals surface area contributed by atoms with E-state index in [0.717, 1.165) is 25.7 Å². The Morgan fingerprint density at radius 1 is 1.12 bits per heavy atom. The number of aromatic amines is 1. The van der Waals surface area contributed by atoms with Crippen molar-refractivity contribution in [2.75, 3.05) is 4.72 Å². The predicted octanol–water partition coefficient (Wildman–Crippen LogP) is 2.27. The number of carbonyl (C=O) groups is 1. The largest absolute Gasteiger partial charge is 0.349 e. The molecule has 3 N–H and O–H groups in total. The van der Waals surface area contributed by atoms with E-state index >= 15 is 0 Å². The van der Waals surface area contributed by atoms with E-state index in [-0.39, 0.29) is 16.6 Å². The molecule has 0 aliphatic heterocycles. The van der Waals surface area contributed by atoms with E-state index in [1.54, 1.807) is 30.3 Å². The van der Waals surface area contributed by atoms with Crippen LogP contribution in [0.4, 0.5) is 5.69 Å². The maximum atomic E-state index is 12.5. The topological polar surface area (TPSA) is 104 Å². The van der Waals surface area contributed by atoms with Crippen LogP contribution in [0, 0.1) is 0 Å². The summed E-state index contributed by atoms with van der Waals surface area (Å²) in [6, 6.07) is 8.60. The number of amides is 1. The molecule has 1 saturated carbocycles. The molecule has 7 nitrogen and oxygen atoms in total. The van der Waals surface area contributed by atoms with Gasteiger partial charge in [-0.3, -0.25) is 14.6 Å². The molecule has 0 atom stereocenters. The fraction of sp³-hybridized carbons (Fsp3) is 0.375. The highest BCUT2D eigenvalue weighted by atomic mass is 32.2. The molecule has 128 valence electrons. The number of nitrogens with one attached hydrogen (secondary N) is 3. The molecule has 0 unspecified atom stereocenters. The van der Waals surface area contributed by atoms with Crippen LogP contribution in [0.15, 0.2) is 41.6 Å². The molecular weight excluding hydrogens is 328 g/mol. The quantitative estimate of drug-likeness (QED) is 0.771. The maximum Gasteiger partial charge on any atom is 0.279 e. The Morgan fingerprint density at radius 2 is 1.83 bits per heavy atom. The van der Waals surface area contributed by atoms with Gasteiger partial charge in [-0.1, -0.05) is 37.5 Å². The average Bonchev–Trinajstić information content (AvgIpc) is 3.07. The van der Waals surface area contributed by atoms with E-state index in [1.165, 1.54) is 12.6 Å². The molecule has 1 aliphatic carbocycles. The van der Waals surface area contributed by atoms with Crippen molar-refractivity contribution in [3.8, 4) is 0 Å². The van der Waals surface area contributed by atoms with Crippen molar-refractivity contribution in [3.63, 3.8) is 0 Å². The van der Waals surface area contributed by atoms with Crippen molar-refractivity contribution in [1.29, 1.82) is 0 Å². The van der Waals surface area contributed by atoms with Crippen molar-refractivity contribution in [1.82, 2.24) is 15.5 Å². The summed E-state index contributed by atoms with van der Waals surface area (Å²) in [4.78, 5) is 12.4. The minimum atomic E-state index is -3.92. The van der Waals surface area contributed by atoms with Crippen LogP contribution >= 0.6 is 0 Å². The molecule has 1 aromatic heterocycles. The van der Waals surface area contributed by atoms with Gasteiger partial charge in [0.1, 0.15) is 0 Å². The summed E-state index contributed by atoms with van der Waals surface area (Å²) in [5.74, 6) is -0.413. The van der Waals surface area contributed by atoms with Gasteiger partial charge in [0.05, 0.1) is 11.8 Å². The zero-order chi connectivity index (χ0) is 17.0. The molecule has 1 amide bonds. The molecule has 0 saturated heterocycles. The monoisotopic (exact) mass is 348 g/mol. The number of benzene rings is 1. The van der Waals surface area contributed by atoms with Gasteiger partial charge in [0, 0.05) is 11.7 Å². The van der Waals surface area contributed by atoms with Gasteiger partial charge in [-0.2, -0.15) is 13.5 Å². The molecule has 8 heteroatoms. The molecule has 1 aliphatic rings. The average molecular weight is 348 g/mol. The number of rotatable bonds is 5. The van der Waals surface area contributed by atoms with Crippen molar-refractivity contribution in [2.24, 2.45) is 0 Å². The first-order valence-electron chi connectivity index (χ1n) is 7.98. The zero-order valence-electron chi connectivity index (χ0n) is 13.2. The minimum Gasteiger partial charge on any atom is -0.349 e. The van der Waals surface area contributed by atoms with E-state index in [2.05, 4.69) is 20.2 Å². The van der Waals surface area contributed by atoms with Crippen molar-refractivity contribution in [2.45, 2.75) is 43.2 Å². The summed E-state index contributed by atoms with van der Waals surface area (Å²) in [7, 11) is -3.92. The van der Waals surface area contributed by atoms with E-state index in [9.17, 15) is 13.2 Å². The molecule has 2 aromatic rings. The SMILES string of the molecule is O=C(NC1CCCCC1)c1cn[nH]c1S(=O)(=O)Nc1ccccc1. The minimum absolute atomic E-state index is 0.0315. The van der Waals surface area contributed by atoms with Gasteiger partial charge in [0.15, 0.2) is 5.03 Å². The fourth-order valence-corrected chi connectivity index (χ4v) is 4.02. The molecule has 1 aromatic carbocycles. The van der Waals surface area contributed by atoms with Crippen LogP contribution in [-0.2, 0) is 10.0 Å². The number of H-pyrrole nitrogens is 1. The Bertz CT molecular complexity index is 796. The first kappa shape index (κ1) is 16.5. The number of nitrogens with zero attached hydrogens (tertiary/aromatic N) is 1. The lowest BCUT2D eigenvalue weighted by atomic mass is 9.95. The highest BCUT2D eigenvalue weighted by Gasteiger charge is 2.26. The first-order valence-corrected chi connectivity index (χ1v) is 9.47. The lowest BCUT2D eigenvalue weighted by molar-refractivity contribution is 0.0924. The number of aromatic nitrogens is 2. The van der Waals surface area contributed by atoms with E-state index in [1.807, 2.05) is 0 Å². The summed E-state index contributed by atoms with van der Waals surface area (Å²) in [6.07, 6.45) is 6.44. The molecule has 0 bridgehead atoms. The van der Waals surface area contributed by atoms with E-state index in [0.29, 0.717) is 5.69 Å².